The maximum Gasteiger partial charge on any atom is 0.307 e. The number of benzene rings is 1. The van der Waals surface area contributed by atoms with Gasteiger partial charge in [-0.25, -0.2) is 0 Å². The molecule has 0 radical (unpaired) electrons. The van der Waals surface area contributed by atoms with Gasteiger partial charge in [0.15, 0.2) is 0 Å². The standard InChI is InChI=1S/C15H12O2S/c16-15(17)14-11-7-9-6-8(12-2-1-5-18-12)3-4-10(9)13(11)14/h1-6,11,13-14H,7H2,(H,16,17)/t11-,13-,14-/m1/s1. The third kappa shape index (κ3) is 1.31. The van der Waals surface area contributed by atoms with Gasteiger partial charge < -0.3 is 5.11 Å². The van der Waals surface area contributed by atoms with Crippen LogP contribution in [0.25, 0.3) is 10.4 Å². The molecule has 0 spiro atoms. The van der Waals surface area contributed by atoms with Crippen molar-refractivity contribution in [3.8, 4) is 10.4 Å². The van der Waals surface area contributed by atoms with E-state index in [0.717, 1.165) is 6.42 Å². The molecule has 1 N–H and O–H groups in total. The van der Waals surface area contributed by atoms with Crippen LogP contribution in [0.1, 0.15) is 17.0 Å². The van der Waals surface area contributed by atoms with E-state index in [-0.39, 0.29) is 11.8 Å². The van der Waals surface area contributed by atoms with Crippen LogP contribution < -0.4 is 0 Å². The van der Waals surface area contributed by atoms with Gasteiger partial charge in [0.1, 0.15) is 0 Å². The minimum atomic E-state index is -0.627. The van der Waals surface area contributed by atoms with Crippen molar-refractivity contribution in [2.75, 3.05) is 0 Å². The second-order valence-electron chi connectivity index (χ2n) is 5.15. The summed E-state index contributed by atoms with van der Waals surface area (Å²) in [6.07, 6.45) is 0.941. The van der Waals surface area contributed by atoms with Gasteiger partial charge >= 0.3 is 5.97 Å². The van der Waals surface area contributed by atoms with Crippen molar-refractivity contribution >= 4 is 17.3 Å². The molecule has 2 nitrogen and oxygen atoms in total. The van der Waals surface area contributed by atoms with Crippen molar-refractivity contribution in [1.82, 2.24) is 0 Å². The van der Waals surface area contributed by atoms with Gasteiger partial charge in [-0.2, -0.15) is 0 Å². The molecule has 0 saturated heterocycles. The Morgan fingerprint density at radius 2 is 2.22 bits per heavy atom. The average Bonchev–Trinajstić information content (AvgIpc) is 2.79. The Bertz CT molecular complexity index is 630. The van der Waals surface area contributed by atoms with Crippen LogP contribution in [0.4, 0.5) is 0 Å². The van der Waals surface area contributed by atoms with E-state index in [1.807, 2.05) is 0 Å². The van der Waals surface area contributed by atoms with E-state index in [9.17, 15) is 4.79 Å². The van der Waals surface area contributed by atoms with E-state index < -0.39 is 5.97 Å². The van der Waals surface area contributed by atoms with Gasteiger partial charge in [0.05, 0.1) is 5.92 Å². The number of carbonyl (C=O) groups is 1. The largest absolute Gasteiger partial charge is 0.481 e. The number of carboxylic acid groups (broad SMARTS) is 1. The summed E-state index contributed by atoms with van der Waals surface area (Å²) in [5, 5.41) is 11.2. The normalized spacial score (nSPS) is 27.7. The molecule has 3 atom stereocenters. The molecule has 0 unspecified atom stereocenters. The van der Waals surface area contributed by atoms with Crippen molar-refractivity contribution < 1.29 is 9.90 Å². The van der Waals surface area contributed by atoms with E-state index >= 15 is 0 Å². The Morgan fingerprint density at radius 3 is 2.94 bits per heavy atom. The number of fused-ring (bicyclic) bond motifs is 3. The zero-order valence-electron chi connectivity index (χ0n) is 9.67. The van der Waals surface area contributed by atoms with E-state index in [4.69, 9.17) is 5.11 Å². The molecule has 1 fully saturated rings. The summed E-state index contributed by atoms with van der Waals surface area (Å²) in [4.78, 5) is 12.3. The van der Waals surface area contributed by atoms with Crippen LogP contribution in [0.5, 0.6) is 0 Å². The number of rotatable bonds is 2. The van der Waals surface area contributed by atoms with Crippen LogP contribution in [0.2, 0.25) is 0 Å². The summed E-state index contributed by atoms with van der Waals surface area (Å²) < 4.78 is 0. The van der Waals surface area contributed by atoms with Crippen molar-refractivity contribution in [3.05, 3.63) is 46.8 Å². The van der Waals surface area contributed by atoms with Crippen LogP contribution in [-0.2, 0) is 11.2 Å². The maximum absolute atomic E-state index is 11.0. The summed E-state index contributed by atoms with van der Waals surface area (Å²) in [5.41, 5.74) is 3.89. The quantitative estimate of drug-likeness (QED) is 0.894. The fraction of sp³-hybridized carbons (Fsp3) is 0.267. The first-order valence-corrected chi connectivity index (χ1v) is 7.03. The molecule has 4 rings (SSSR count). The number of thiophene rings is 1. The number of carboxylic acids is 1. The molecule has 90 valence electrons. The fourth-order valence-electron chi connectivity index (χ4n) is 3.35. The Labute approximate surface area is 109 Å². The van der Waals surface area contributed by atoms with Gasteiger partial charge in [-0.05, 0) is 40.5 Å². The second kappa shape index (κ2) is 3.45. The van der Waals surface area contributed by atoms with E-state index in [0.29, 0.717) is 5.92 Å². The number of aliphatic carboxylic acids is 1. The highest BCUT2D eigenvalue weighted by Crippen LogP contribution is 2.61. The summed E-state index contributed by atoms with van der Waals surface area (Å²) in [6.45, 7) is 0. The summed E-state index contributed by atoms with van der Waals surface area (Å²) in [5.74, 6) is -0.103. The molecule has 1 aromatic carbocycles. The molecule has 0 amide bonds. The molecule has 2 aliphatic carbocycles. The summed E-state index contributed by atoms with van der Waals surface area (Å²) >= 11 is 1.74. The van der Waals surface area contributed by atoms with Crippen LogP contribution in [0.15, 0.2) is 35.7 Å². The molecular weight excluding hydrogens is 244 g/mol. The SMILES string of the molecule is O=C(O)[C@@H]1[C@@H]2Cc3cc(-c4cccs4)ccc3[C@H]21. The molecule has 18 heavy (non-hydrogen) atoms. The van der Waals surface area contributed by atoms with Crippen molar-refractivity contribution in [2.45, 2.75) is 12.3 Å². The fourth-order valence-corrected chi connectivity index (χ4v) is 4.07. The highest BCUT2D eigenvalue weighted by Gasteiger charge is 2.59. The van der Waals surface area contributed by atoms with E-state index in [1.54, 1.807) is 11.3 Å². The molecule has 1 saturated carbocycles. The van der Waals surface area contributed by atoms with Gasteiger partial charge in [0.25, 0.3) is 0 Å². The van der Waals surface area contributed by atoms with Crippen LogP contribution in [-0.4, -0.2) is 11.1 Å². The minimum Gasteiger partial charge on any atom is -0.481 e. The van der Waals surface area contributed by atoms with Crippen molar-refractivity contribution in [2.24, 2.45) is 11.8 Å². The van der Waals surface area contributed by atoms with Crippen LogP contribution >= 0.6 is 11.3 Å². The average molecular weight is 256 g/mol. The molecular formula is C15H12O2S. The lowest BCUT2D eigenvalue weighted by molar-refractivity contribution is -0.139. The third-order valence-corrected chi connectivity index (χ3v) is 5.14. The molecule has 3 heteroatoms. The Balaban J connectivity index is 1.71. The molecule has 0 aliphatic heterocycles. The zero-order valence-corrected chi connectivity index (χ0v) is 10.5. The molecule has 0 bridgehead atoms. The first-order valence-electron chi connectivity index (χ1n) is 6.15. The molecule has 1 heterocycles. The van der Waals surface area contributed by atoms with Gasteiger partial charge in [-0.1, -0.05) is 24.3 Å². The smallest absolute Gasteiger partial charge is 0.307 e. The zero-order chi connectivity index (χ0) is 12.3. The first-order chi connectivity index (χ1) is 8.75. The first kappa shape index (κ1) is 10.3. The topological polar surface area (TPSA) is 37.3 Å². The lowest BCUT2D eigenvalue weighted by Gasteiger charge is -2.07. The monoisotopic (exact) mass is 256 g/mol. The highest BCUT2D eigenvalue weighted by atomic mass is 32.1. The predicted octanol–water partition coefficient (Wildman–Crippen LogP) is 3.39. The molecule has 2 aromatic rings. The van der Waals surface area contributed by atoms with Crippen LogP contribution in [0.3, 0.4) is 0 Å². The third-order valence-electron chi connectivity index (χ3n) is 4.22. The van der Waals surface area contributed by atoms with Crippen molar-refractivity contribution in [3.63, 3.8) is 0 Å². The number of hydrogen-bond acceptors (Lipinski definition) is 2. The minimum absolute atomic E-state index is 0.120. The van der Waals surface area contributed by atoms with Gasteiger partial charge in [0, 0.05) is 10.8 Å². The highest BCUT2D eigenvalue weighted by molar-refractivity contribution is 7.13. The lowest BCUT2D eigenvalue weighted by Crippen LogP contribution is -2.05. The number of hydrogen-bond donors (Lipinski definition) is 1. The van der Waals surface area contributed by atoms with Gasteiger partial charge in [0.2, 0.25) is 0 Å². The maximum atomic E-state index is 11.0. The van der Waals surface area contributed by atoms with E-state index in [1.165, 1.54) is 21.6 Å². The van der Waals surface area contributed by atoms with Crippen LogP contribution in [0, 0.1) is 11.8 Å². The second-order valence-corrected chi connectivity index (χ2v) is 6.10. The molecule has 1 aromatic heterocycles. The Morgan fingerprint density at radius 1 is 1.33 bits per heavy atom. The van der Waals surface area contributed by atoms with Crippen molar-refractivity contribution in [1.29, 1.82) is 0 Å². The Hall–Kier alpha value is -1.61. The summed E-state index contributed by atoms with van der Waals surface area (Å²) in [6, 6.07) is 10.7. The van der Waals surface area contributed by atoms with Gasteiger partial charge in [-0.15, -0.1) is 11.3 Å². The molecule has 2 aliphatic rings. The lowest BCUT2D eigenvalue weighted by atomic mass is 9.99. The Kier molecular flexibility index (Phi) is 1.98. The van der Waals surface area contributed by atoms with E-state index in [2.05, 4.69) is 35.7 Å². The predicted molar refractivity (Wildman–Crippen MR) is 70.8 cm³/mol. The summed E-state index contributed by atoms with van der Waals surface area (Å²) in [7, 11) is 0. The van der Waals surface area contributed by atoms with Gasteiger partial charge in [-0.3, -0.25) is 4.79 Å².